The van der Waals surface area contributed by atoms with Crippen molar-refractivity contribution in [1.29, 1.82) is 42.1 Å². The second kappa shape index (κ2) is 37.3. The van der Waals surface area contributed by atoms with Crippen molar-refractivity contribution < 1.29 is 92.2 Å². The van der Waals surface area contributed by atoms with Gasteiger partial charge in [-0.3, -0.25) is 0 Å². The maximum Gasteiger partial charge on any atom is 0.523 e. The minimum atomic E-state index is -5.04. The van der Waals surface area contributed by atoms with Crippen molar-refractivity contribution in [2.45, 2.75) is 75.8 Å². The molecule has 0 bridgehead atoms. The van der Waals surface area contributed by atoms with Crippen molar-refractivity contribution in [3.8, 4) is 115 Å². The topological polar surface area (TPSA) is 242 Å². The monoisotopic (exact) mass is 1910 g/mol. The quantitative estimate of drug-likeness (QED) is 0.0566. The number of rotatable bonds is 9. The Labute approximate surface area is 765 Å². The predicted molar refractivity (Wildman–Crippen MR) is 450 cm³/mol. The van der Waals surface area contributed by atoms with Crippen molar-refractivity contribution in [2.24, 2.45) is 0 Å². The highest BCUT2D eigenvalue weighted by atomic mass is 32.2. The molecule has 0 spiro atoms. The van der Waals surface area contributed by atoms with Crippen LogP contribution < -0.4 is 31.3 Å². The molecule has 0 saturated heterocycles. The van der Waals surface area contributed by atoms with Gasteiger partial charge in [-0.25, -0.2) is 35.1 Å². The van der Waals surface area contributed by atoms with Crippen LogP contribution in [0.1, 0.15) is 65.3 Å². The summed E-state index contributed by atoms with van der Waals surface area (Å²) in [7, 11) is 0. The van der Waals surface area contributed by atoms with E-state index in [0.29, 0.717) is 29.8 Å². The van der Waals surface area contributed by atoms with E-state index < -0.39 is 195 Å². The molecule has 16 nitrogen and oxygen atoms in total. The van der Waals surface area contributed by atoms with E-state index in [-0.39, 0.29) is 201 Å². The fourth-order valence-corrected chi connectivity index (χ4v) is 20.0. The predicted octanol–water partition coefficient (Wildman–Crippen LogP) is 21.4. The van der Waals surface area contributed by atoms with E-state index in [0.717, 1.165) is 60.7 Å². The van der Waals surface area contributed by atoms with Gasteiger partial charge in [0.2, 0.25) is 23.8 Å². The van der Waals surface area contributed by atoms with Crippen molar-refractivity contribution in [1.82, 2.24) is 9.97 Å². The number of nitriles is 8. The lowest BCUT2D eigenvalue weighted by Crippen LogP contribution is -2.25. The minimum Gasteiger partial charge on any atom is -0.207 e. The van der Waals surface area contributed by atoms with Crippen LogP contribution in [0.25, 0.3) is 127 Å². The Hall–Kier alpha value is -17.1. The van der Waals surface area contributed by atoms with Crippen LogP contribution >= 0.6 is 35.3 Å². The number of thioether (sulfide) groups is 3. The van der Waals surface area contributed by atoms with Gasteiger partial charge in [-0.15, -0.1) is 0 Å². The molecule has 0 radical (unpaired) electrons. The van der Waals surface area contributed by atoms with Gasteiger partial charge >= 0.3 is 34.0 Å². The average molecular weight is 1910 g/mol. The summed E-state index contributed by atoms with van der Waals surface area (Å²) in [5.74, 6) is -15.8. The normalized spacial score (nSPS) is 13.4. The van der Waals surface area contributed by atoms with Gasteiger partial charge in [0, 0.05) is 86.0 Å². The first-order valence-electron chi connectivity index (χ1n) is 37.9. The highest BCUT2D eigenvalue weighted by molar-refractivity contribution is 8.09. The van der Waals surface area contributed by atoms with Crippen LogP contribution in [0.4, 0.5) is 92.2 Å². The number of hydrogen-bond donors (Lipinski definition) is 0. The second-order valence-corrected chi connectivity index (χ2v) is 32.6. The SMILES string of the molecule is [C-]#[N+]C([N+]#[C-])=C1Cc2c(-c3cc(F)c(C#N)c(F)c3)c3c(c(-c4cc(F)c(C#N)c(F)c4)c2=C1C)CC(=C(C#N)C#N)C=3SC(F)(F)F.[C-]#[N+]C([N+]#[C-])=C1Cc2c(-c3cc(F)cc(F)c3)c3c(c(-c4cc(F)cc(F)c4)c2=C1C)CC(=C(C#N)C#N)C=3SC(F)(F)F.[C-]#[N+]C([N+]#[C-])=C1Cc2c(-c3cc(F)nc(F)c3)c3c(c(-c4cc(F)nc(F)c4)c2=C1C)CC(=C(C#N)C#N)C=3SC(F)(F)F. The molecule has 0 aliphatic heterocycles. The summed E-state index contributed by atoms with van der Waals surface area (Å²) in [6.45, 7) is 49.4. The fraction of sp³-hybridized carbons (Fsp3) is 0.125. The summed E-state index contributed by atoms with van der Waals surface area (Å²) >= 11 is -2.00. The standard InChI is InChI=1S/C34H11F7N6S.C32H13F7N4S.C30H11F7N6S/c1-14-18(33(46-2)47-3)8-20-28(14)29(15-4-24(35)22(12-44)25(36)5-15)21-9-19(17(10-42)11-43)32(48-34(39,40)41)31(21)30(20)16-6-26(37)23(13-45)27(38)7-16;1-14-22(31(42-2)43-3)10-24-26(14)27(15-4-18(33)8-19(34)5-15)25-11-23(17(12-40)13-41)30(44-32(37,38)39)29(25)28(24)16-6-20(35)9-21(36)7-16;1-12-16(29(40-2)41-3)8-18-24(12)25(13-4-20(31)42-21(32)5-13)19-9-17(15(10-38)11-39)28(44-30(35,36)37)27(19)26(18)14-6-22(33)43-23(34)7-14/h4-7H,8-9H2,1H3;4-9H,10-11H2,1H3;4-7H,8-9H2,1H3. The molecular weight excluding hydrogens is 1870 g/mol. The summed E-state index contributed by atoms with van der Waals surface area (Å²) in [6, 6.07) is 23.3. The van der Waals surface area contributed by atoms with Crippen molar-refractivity contribution in [3.63, 3.8) is 0 Å². The van der Waals surface area contributed by atoms with Gasteiger partial charge in [-0.2, -0.15) is 138 Å². The van der Waals surface area contributed by atoms with Gasteiger partial charge in [0.25, 0.3) is 0 Å². The number of allylic oxidation sites excluding steroid dienone is 6. The first-order chi connectivity index (χ1) is 64.4. The summed E-state index contributed by atoms with van der Waals surface area (Å²) in [5, 5.41) is 76.1. The van der Waals surface area contributed by atoms with E-state index in [1.807, 2.05) is 0 Å². The van der Waals surface area contributed by atoms with Gasteiger partial charge in [0.05, 0.1) is 16.7 Å². The van der Waals surface area contributed by atoms with Crippen LogP contribution in [0.2, 0.25) is 0 Å². The Balaban J connectivity index is 0.000000173. The van der Waals surface area contributed by atoms with Gasteiger partial charge in [0.1, 0.15) is 162 Å². The first-order valence-corrected chi connectivity index (χ1v) is 40.3. The van der Waals surface area contributed by atoms with E-state index in [1.165, 1.54) is 32.9 Å². The molecule has 0 saturated carbocycles. The number of hydrogen-bond acceptors (Lipinski definition) is 13. The molecule has 664 valence electrons. The number of halogens is 21. The number of aromatic nitrogens is 2. The maximum atomic E-state index is 15.1. The van der Waals surface area contributed by atoms with Crippen molar-refractivity contribution in [3.05, 3.63) is 367 Å². The highest BCUT2D eigenvalue weighted by Crippen LogP contribution is 2.53. The Kier molecular flexibility index (Phi) is 26.5. The number of benzene rings is 7. The van der Waals surface area contributed by atoms with E-state index in [2.05, 4.69) is 39.0 Å². The number of nitrogens with zero attached hydrogens (tertiary/aromatic N) is 16. The lowest BCUT2D eigenvalue weighted by Gasteiger charge is -2.18. The second-order valence-electron chi connectivity index (χ2n) is 29.4. The molecule has 2 aromatic heterocycles. The Morgan fingerprint density at radius 1 is 0.287 bits per heavy atom. The van der Waals surface area contributed by atoms with Gasteiger partial charge in [0.15, 0.2) is 0 Å². The Morgan fingerprint density at radius 2 is 0.478 bits per heavy atom. The molecule has 6 aliphatic rings. The molecule has 0 fully saturated rings. The third-order valence-corrected chi connectivity index (χ3v) is 24.9. The molecule has 0 unspecified atom stereocenters. The zero-order chi connectivity index (χ0) is 99.4. The van der Waals surface area contributed by atoms with Gasteiger partial charge in [-0.1, -0.05) is 0 Å². The molecule has 9 aromatic rings. The van der Waals surface area contributed by atoms with E-state index >= 15 is 17.6 Å². The zero-order valence-corrected chi connectivity index (χ0v) is 70.6. The molecular formula is C96H35F21N16S3. The fourth-order valence-electron chi connectivity index (χ4n) is 17.4. The van der Waals surface area contributed by atoms with Gasteiger partial charge in [-0.05, 0) is 273 Å². The number of alkyl halides is 9. The lowest BCUT2D eigenvalue weighted by molar-refractivity contribution is -0.0327. The smallest absolute Gasteiger partial charge is 0.207 e. The largest absolute Gasteiger partial charge is 0.523 e. The summed E-state index contributed by atoms with van der Waals surface area (Å²) in [5.41, 5.74) is -20.6. The summed E-state index contributed by atoms with van der Waals surface area (Å²) in [4.78, 5) is 23.7. The molecule has 0 N–H and O–H groups in total. The van der Waals surface area contributed by atoms with Crippen LogP contribution in [0.3, 0.4) is 0 Å². The summed E-state index contributed by atoms with van der Waals surface area (Å²) < 4.78 is 304. The van der Waals surface area contributed by atoms with Crippen molar-refractivity contribution >= 4 is 66.7 Å². The van der Waals surface area contributed by atoms with Crippen LogP contribution in [-0.2, 0) is 38.5 Å². The molecule has 7 aromatic carbocycles. The molecule has 136 heavy (non-hydrogen) atoms. The van der Waals surface area contributed by atoms with E-state index in [9.17, 15) is 117 Å². The van der Waals surface area contributed by atoms with Crippen LogP contribution in [0, 0.1) is 200 Å². The average Bonchev–Trinajstić information content (AvgIpc) is 1.48. The van der Waals surface area contributed by atoms with Crippen LogP contribution in [0.5, 0.6) is 0 Å². The third kappa shape index (κ3) is 17.7. The molecule has 15 rings (SSSR count). The third-order valence-electron chi connectivity index (χ3n) is 22.2. The Morgan fingerprint density at radius 3 is 0.676 bits per heavy atom. The first kappa shape index (κ1) is 96.5. The highest BCUT2D eigenvalue weighted by Gasteiger charge is 2.45. The molecule has 6 aliphatic carbocycles. The number of pyridine rings is 2. The van der Waals surface area contributed by atoms with Crippen molar-refractivity contribution in [2.75, 3.05) is 0 Å². The summed E-state index contributed by atoms with van der Waals surface area (Å²) in [6.07, 6.45) is -2.43. The zero-order valence-electron chi connectivity index (χ0n) is 68.1. The van der Waals surface area contributed by atoms with Crippen LogP contribution in [-0.4, -0.2) is 26.5 Å². The molecule has 40 heteroatoms. The van der Waals surface area contributed by atoms with Gasteiger partial charge < -0.3 is 0 Å². The maximum absolute atomic E-state index is 15.1. The minimum absolute atomic E-state index is 0.0127. The van der Waals surface area contributed by atoms with E-state index in [4.69, 9.17) is 39.4 Å². The molecule has 2 heterocycles. The molecule has 0 amide bonds. The molecule has 0 atom stereocenters. The van der Waals surface area contributed by atoms with Crippen LogP contribution in [0.15, 0.2) is 153 Å². The number of fused-ring (bicyclic) bond motifs is 6. The lowest BCUT2D eigenvalue weighted by atomic mass is 9.86. The Bertz CT molecular complexity index is 7860. The van der Waals surface area contributed by atoms with E-state index in [1.54, 1.807) is 36.4 Å².